The molecule has 15 heteroatoms. The number of nitrogens with one attached hydrogen (secondary N) is 1. The van der Waals surface area contributed by atoms with Crippen molar-refractivity contribution in [1.29, 1.82) is 0 Å². The highest BCUT2D eigenvalue weighted by Crippen LogP contribution is 2.55. The molecular weight excluding hydrogens is 714 g/mol. The fourth-order valence-electron chi connectivity index (χ4n) is 7.05. The van der Waals surface area contributed by atoms with Gasteiger partial charge in [-0.25, -0.2) is 0 Å². The normalized spacial score (nSPS) is 30.5. The molecule has 5 rings (SSSR count). The highest BCUT2D eigenvalue weighted by atomic mass is 16.7. The van der Waals surface area contributed by atoms with Crippen molar-refractivity contribution in [1.82, 2.24) is 5.01 Å². The molecule has 2 aromatic carbocycles. The smallest absolute Gasteiger partial charge is 0.312 e. The van der Waals surface area contributed by atoms with Crippen LogP contribution < -0.4 is 10.1 Å². The van der Waals surface area contributed by atoms with Crippen LogP contribution in [0.3, 0.4) is 0 Å². The minimum Gasteiger partial charge on any atom is -0.507 e. The van der Waals surface area contributed by atoms with Crippen molar-refractivity contribution in [2.75, 3.05) is 26.5 Å². The molecule has 15 nitrogen and oxygen atoms in total. The molecule has 9 atom stereocenters. The van der Waals surface area contributed by atoms with Crippen LogP contribution in [-0.2, 0) is 23.8 Å². The third kappa shape index (κ3) is 8.28. The van der Waals surface area contributed by atoms with Gasteiger partial charge in [-0.3, -0.25) is 14.4 Å². The maximum atomic E-state index is 14.3. The van der Waals surface area contributed by atoms with Crippen molar-refractivity contribution >= 4 is 40.3 Å². The van der Waals surface area contributed by atoms with E-state index in [9.17, 15) is 39.9 Å². The van der Waals surface area contributed by atoms with E-state index in [1.165, 1.54) is 64.4 Å². The number of aromatic hydroxyl groups is 3. The lowest BCUT2D eigenvalue weighted by Crippen LogP contribution is -2.46. The van der Waals surface area contributed by atoms with Crippen molar-refractivity contribution in [3.8, 4) is 23.0 Å². The Morgan fingerprint density at radius 1 is 0.964 bits per heavy atom. The summed E-state index contributed by atoms with van der Waals surface area (Å²) in [7, 11) is 4.65. The number of benzene rings is 2. The fraction of sp³-hybridized carbons (Fsp3) is 0.500. The average molecular weight is 768 g/mol. The molecule has 0 saturated carbocycles. The average Bonchev–Trinajstić information content (AvgIpc) is 3.39. The predicted molar refractivity (Wildman–Crippen MR) is 205 cm³/mol. The maximum Gasteiger partial charge on any atom is 0.312 e. The number of aliphatic hydroxyl groups is 2. The van der Waals surface area contributed by atoms with Gasteiger partial charge >= 0.3 is 11.8 Å². The number of esters is 1. The molecule has 0 saturated heterocycles. The summed E-state index contributed by atoms with van der Waals surface area (Å²) in [6.07, 6.45) is 4.69. The SMILES string of the molecule is COC1/C=C/OC2(C)Oc3c(C)c(O)c4c(O)c(c(/C=N/N(C)C)c(O)c4c3C2=O)NC(=O)C(C)=C/C=C/C(C)C(O)C(C)C(O)C(C)C(OC(C)=O)C1C. The van der Waals surface area contributed by atoms with Crippen molar-refractivity contribution in [3.63, 3.8) is 0 Å². The third-order valence-electron chi connectivity index (χ3n) is 10.5. The lowest BCUT2D eigenvalue weighted by Gasteiger charge is -2.38. The van der Waals surface area contributed by atoms with E-state index in [1.54, 1.807) is 53.9 Å². The van der Waals surface area contributed by atoms with Crippen LogP contribution in [0.25, 0.3) is 10.8 Å². The summed E-state index contributed by atoms with van der Waals surface area (Å²) in [5.74, 6) is -8.43. The van der Waals surface area contributed by atoms with Gasteiger partial charge < -0.3 is 54.8 Å². The first kappa shape index (κ1) is 42.6. The van der Waals surface area contributed by atoms with Gasteiger partial charge in [0, 0.05) is 75.2 Å². The van der Waals surface area contributed by atoms with Crippen LogP contribution >= 0.6 is 0 Å². The minimum atomic E-state index is -2.04. The molecular formula is C40H53N3O12. The zero-order valence-corrected chi connectivity index (χ0v) is 33.1. The number of rotatable bonds is 4. The van der Waals surface area contributed by atoms with Crippen molar-refractivity contribution in [3.05, 3.63) is 52.8 Å². The zero-order chi connectivity index (χ0) is 41.3. The van der Waals surface area contributed by atoms with Gasteiger partial charge in [0.2, 0.25) is 0 Å². The summed E-state index contributed by atoms with van der Waals surface area (Å²) < 4.78 is 23.4. The molecule has 2 aromatic rings. The van der Waals surface area contributed by atoms with E-state index in [0.29, 0.717) is 0 Å². The van der Waals surface area contributed by atoms with Gasteiger partial charge in [-0.2, -0.15) is 5.10 Å². The van der Waals surface area contributed by atoms with E-state index in [0.717, 1.165) is 0 Å². The molecule has 6 N–H and O–H groups in total. The van der Waals surface area contributed by atoms with E-state index < -0.39 is 88.8 Å². The third-order valence-corrected chi connectivity index (χ3v) is 10.5. The number of anilines is 1. The number of hydrogen-bond donors (Lipinski definition) is 6. The lowest BCUT2D eigenvalue weighted by atomic mass is 9.78. The van der Waals surface area contributed by atoms with Gasteiger partial charge in [-0.1, -0.05) is 45.9 Å². The number of allylic oxidation sites excluding steroid dienone is 2. The Hall–Kier alpha value is -5.12. The second-order valence-electron chi connectivity index (χ2n) is 14.7. The van der Waals surface area contributed by atoms with Gasteiger partial charge in [-0.15, -0.1) is 0 Å². The van der Waals surface area contributed by atoms with E-state index in [4.69, 9.17) is 18.9 Å². The Bertz CT molecular complexity index is 1950. The topological polar surface area (TPSA) is 217 Å². The van der Waals surface area contributed by atoms with Crippen LogP contribution in [0.1, 0.15) is 70.0 Å². The van der Waals surface area contributed by atoms with Crippen LogP contribution in [0.5, 0.6) is 23.0 Å². The molecule has 0 fully saturated rings. The number of amides is 1. The number of Topliss-reactive ketones (excluding diaryl/α,β-unsaturated/α-hetero) is 1. The van der Waals surface area contributed by atoms with Crippen LogP contribution in [0, 0.1) is 30.6 Å². The molecule has 5 bridgehead atoms. The highest BCUT2D eigenvalue weighted by molar-refractivity contribution is 6.23. The summed E-state index contributed by atoms with van der Waals surface area (Å²) in [5.41, 5.74) is -0.445. The first-order valence-electron chi connectivity index (χ1n) is 18.0. The van der Waals surface area contributed by atoms with Gasteiger partial charge in [0.1, 0.15) is 23.4 Å². The first-order valence-corrected chi connectivity index (χ1v) is 18.0. The summed E-state index contributed by atoms with van der Waals surface area (Å²) in [6, 6.07) is 0. The maximum absolute atomic E-state index is 14.3. The molecule has 0 radical (unpaired) electrons. The van der Waals surface area contributed by atoms with Crippen molar-refractivity contribution in [2.45, 2.75) is 85.6 Å². The molecule has 0 aromatic heterocycles. The van der Waals surface area contributed by atoms with Crippen LogP contribution in [-0.4, -0.2) is 106 Å². The molecule has 0 spiro atoms. The lowest BCUT2D eigenvalue weighted by molar-refractivity contribution is -0.160. The molecule has 3 heterocycles. The number of aliphatic hydroxyl groups excluding tert-OH is 2. The Labute approximate surface area is 320 Å². The summed E-state index contributed by atoms with van der Waals surface area (Å²) in [4.78, 5) is 40.1. The zero-order valence-electron chi connectivity index (χ0n) is 33.1. The van der Waals surface area contributed by atoms with E-state index >= 15 is 0 Å². The van der Waals surface area contributed by atoms with Gasteiger partial charge in [0.25, 0.3) is 11.7 Å². The number of nitrogens with zero attached hydrogens (tertiary/aromatic N) is 2. The number of ketones is 1. The Kier molecular flexibility index (Phi) is 13.0. The largest absolute Gasteiger partial charge is 0.507 e. The van der Waals surface area contributed by atoms with Gasteiger partial charge in [0.05, 0.1) is 53.0 Å². The molecule has 55 heavy (non-hydrogen) atoms. The Morgan fingerprint density at radius 3 is 2.22 bits per heavy atom. The Morgan fingerprint density at radius 2 is 1.62 bits per heavy atom. The van der Waals surface area contributed by atoms with Crippen LogP contribution in [0.4, 0.5) is 5.69 Å². The monoisotopic (exact) mass is 767 g/mol. The number of fused-ring (bicyclic) bond motifs is 14. The van der Waals surface area contributed by atoms with E-state index in [1.807, 2.05) is 0 Å². The van der Waals surface area contributed by atoms with Crippen molar-refractivity contribution < 1.29 is 58.9 Å². The number of hydrogen-bond acceptors (Lipinski definition) is 14. The molecule has 3 aliphatic heterocycles. The van der Waals surface area contributed by atoms with Gasteiger partial charge in [-0.05, 0) is 19.9 Å². The number of methoxy groups -OCH3 is 1. The molecule has 0 aliphatic carbocycles. The van der Waals surface area contributed by atoms with Gasteiger partial charge in [0.15, 0.2) is 5.75 Å². The second-order valence-corrected chi connectivity index (χ2v) is 14.7. The van der Waals surface area contributed by atoms with E-state index in [-0.39, 0.29) is 44.5 Å². The van der Waals surface area contributed by atoms with Crippen molar-refractivity contribution in [2.24, 2.45) is 28.8 Å². The summed E-state index contributed by atoms with van der Waals surface area (Å²) >= 11 is 0. The number of phenolic OH excluding ortho intramolecular Hbond substituents is 3. The molecule has 300 valence electrons. The Balaban J connectivity index is 1.97. The minimum absolute atomic E-state index is 0.0475. The van der Waals surface area contributed by atoms with E-state index in [2.05, 4.69) is 10.4 Å². The molecule has 3 aliphatic rings. The number of hydrazone groups is 1. The number of carbonyl (C=O) groups excluding carboxylic acids is 3. The standard InChI is InChI=1S/C40H53N3O12/c1-18-13-12-14-19(2)39(51)42-30-25(17-41-43(9)10)34(48)27-28(35(30)49)33(47)23(6)37-29(27)38(50)40(8,55-37)53-16-15-26(52-11)20(3)36(54-24(7)44)22(5)32(46)21(4)31(18)45/h12-18,20-22,26,31-32,36,45-49H,1-11H3,(H,42,51)/b13-12+,16-15+,19-14?,41-17+. The fourth-order valence-corrected chi connectivity index (χ4v) is 7.05. The number of carbonyl (C=O) groups is 3. The second kappa shape index (κ2) is 16.7. The predicted octanol–water partition coefficient (Wildman–Crippen LogP) is 4.65. The summed E-state index contributed by atoms with van der Waals surface area (Å²) in [6.45, 7) is 12.4. The number of phenols is 3. The summed E-state index contributed by atoms with van der Waals surface area (Å²) in [5, 5.41) is 65.3. The molecule has 1 amide bonds. The van der Waals surface area contributed by atoms with Crippen LogP contribution in [0.2, 0.25) is 0 Å². The quantitative estimate of drug-likeness (QED) is 0.0822. The highest BCUT2D eigenvalue weighted by Gasteiger charge is 2.50. The number of ether oxygens (including phenoxy) is 4. The van der Waals surface area contributed by atoms with Crippen LogP contribution in [0.15, 0.2) is 41.2 Å². The first-order chi connectivity index (χ1) is 25.7. The molecule has 9 unspecified atom stereocenters.